The maximum Gasteiger partial charge on any atom is 0.303 e. The average molecular weight is 469 g/mol. The van der Waals surface area contributed by atoms with Gasteiger partial charge in [-0.3, -0.25) is 14.3 Å². The predicted octanol–water partition coefficient (Wildman–Crippen LogP) is 4.09. The number of hydrogen-bond acceptors (Lipinski definition) is 7. The van der Waals surface area contributed by atoms with Gasteiger partial charge in [-0.15, -0.1) is 11.3 Å². The van der Waals surface area contributed by atoms with Crippen molar-refractivity contribution in [2.75, 3.05) is 16.6 Å². The highest BCUT2D eigenvalue weighted by Crippen LogP contribution is 2.19. The lowest BCUT2D eigenvalue weighted by molar-refractivity contribution is -0.138. The Morgan fingerprint density at radius 3 is 2.45 bits per heavy atom. The van der Waals surface area contributed by atoms with Crippen LogP contribution in [0.1, 0.15) is 33.1 Å². The maximum absolute atomic E-state index is 12.1. The first kappa shape index (κ1) is 25.9. The van der Waals surface area contributed by atoms with E-state index < -0.39 is 21.9 Å². The van der Waals surface area contributed by atoms with Gasteiger partial charge in [0.15, 0.2) is 5.13 Å². The number of thiazole rings is 1. The molecule has 1 aromatic carbocycles. The molecule has 2 aromatic rings. The zero-order valence-electron chi connectivity index (χ0n) is 17.1. The summed E-state index contributed by atoms with van der Waals surface area (Å²) in [7, 11) is -3.74. The summed E-state index contributed by atoms with van der Waals surface area (Å²) in [5.74, 6) is -0.876. The fraction of sp³-hybridized carbons (Fsp3) is 0.389. The molecule has 0 spiro atoms. The highest BCUT2D eigenvalue weighted by molar-refractivity contribution is 7.93. The fourth-order valence-corrected chi connectivity index (χ4v) is 3.76. The Hall–Kier alpha value is -3.15. The highest BCUT2D eigenvalue weighted by atomic mass is 32.2. The minimum Gasteiger partial charge on any atom is -0.481 e. The van der Waals surface area contributed by atoms with Crippen molar-refractivity contribution >= 4 is 44.1 Å². The van der Waals surface area contributed by atoms with Crippen LogP contribution in [0.15, 0.2) is 45.9 Å². The normalized spacial score (nSPS) is 10.4. The molecule has 0 fully saturated rings. The highest BCUT2D eigenvalue weighted by Gasteiger charge is 2.15. The Morgan fingerprint density at radius 1 is 1.26 bits per heavy atom. The number of carboxylic acids is 1. The molecule has 3 N–H and O–H groups in total. The van der Waals surface area contributed by atoms with Crippen molar-refractivity contribution < 1.29 is 23.1 Å². The molecule has 13 heteroatoms. The lowest BCUT2D eigenvalue weighted by Gasteiger charge is -2.07. The number of aliphatic carboxylic acids is 1. The van der Waals surface area contributed by atoms with Crippen molar-refractivity contribution in [3.63, 3.8) is 0 Å². The fourth-order valence-electron chi connectivity index (χ4n) is 1.97. The molecule has 1 amide bonds. The second kappa shape index (κ2) is 13.2. The molecule has 0 unspecified atom stereocenters. The number of nitrogens with one attached hydrogen (secondary N) is 2. The van der Waals surface area contributed by atoms with Gasteiger partial charge in [-0.2, -0.15) is 0 Å². The molecule has 1 aromatic heterocycles. The number of benzene rings is 1. The number of sulfonamides is 1. The molecule has 0 atom stereocenters. The van der Waals surface area contributed by atoms with Crippen LogP contribution in [0, 0.1) is 5.92 Å². The van der Waals surface area contributed by atoms with Crippen LogP contribution in [-0.2, 0) is 19.6 Å². The van der Waals surface area contributed by atoms with Crippen LogP contribution in [0.25, 0.3) is 10.4 Å². The molecule has 0 aliphatic heterocycles. The van der Waals surface area contributed by atoms with Crippen molar-refractivity contribution in [1.82, 2.24) is 4.98 Å². The predicted molar refractivity (Wildman–Crippen MR) is 118 cm³/mol. The topological polar surface area (TPSA) is 174 Å². The molecule has 31 heavy (non-hydrogen) atoms. The third kappa shape index (κ3) is 11.0. The molecule has 0 aliphatic carbocycles. The van der Waals surface area contributed by atoms with E-state index in [0.717, 1.165) is 17.8 Å². The Balaban J connectivity index is 0.000000512. The number of carbonyl (C=O) groups excluding carboxylic acids is 1. The number of nitrogens with zero attached hydrogens (tertiary/aromatic N) is 4. The van der Waals surface area contributed by atoms with Gasteiger partial charge in [-0.1, -0.05) is 19.0 Å². The molecule has 0 saturated carbocycles. The van der Waals surface area contributed by atoms with Crippen LogP contribution in [0.5, 0.6) is 0 Å². The minimum absolute atomic E-state index is 0.0243. The summed E-state index contributed by atoms with van der Waals surface area (Å²) in [6.45, 7) is 4.84. The second-order valence-corrected chi connectivity index (χ2v) is 9.12. The van der Waals surface area contributed by atoms with E-state index >= 15 is 0 Å². The number of azide groups is 1. The number of amides is 1. The quantitative estimate of drug-likeness (QED) is 0.269. The van der Waals surface area contributed by atoms with E-state index in [9.17, 15) is 18.0 Å². The van der Waals surface area contributed by atoms with Gasteiger partial charge in [0.05, 0.1) is 11.3 Å². The van der Waals surface area contributed by atoms with Gasteiger partial charge in [0.1, 0.15) is 0 Å². The van der Waals surface area contributed by atoms with Crippen LogP contribution in [0.2, 0.25) is 0 Å². The summed E-state index contributed by atoms with van der Waals surface area (Å²) in [6.07, 6.45) is 2.05. The third-order valence-electron chi connectivity index (χ3n) is 3.54. The number of carbonyl (C=O) groups is 2. The summed E-state index contributed by atoms with van der Waals surface area (Å²) in [5.41, 5.74) is 8.22. The number of hydrogen-bond donors (Lipinski definition) is 3. The van der Waals surface area contributed by atoms with E-state index in [1.807, 2.05) is 0 Å². The van der Waals surface area contributed by atoms with Crippen molar-refractivity contribution in [2.45, 2.75) is 38.0 Å². The van der Waals surface area contributed by atoms with Crippen LogP contribution in [0.3, 0.4) is 0 Å². The van der Waals surface area contributed by atoms with Gasteiger partial charge in [0, 0.05) is 35.1 Å². The summed E-state index contributed by atoms with van der Waals surface area (Å²) < 4.78 is 26.6. The molecular weight excluding hydrogens is 444 g/mol. The molecule has 1 heterocycles. The van der Waals surface area contributed by atoms with E-state index in [0.29, 0.717) is 18.2 Å². The first-order valence-electron chi connectivity index (χ1n) is 9.19. The number of aromatic nitrogens is 1. The van der Waals surface area contributed by atoms with E-state index in [4.69, 9.17) is 10.6 Å². The Bertz CT molecular complexity index is 985. The molecule has 0 radical (unpaired) electrons. The second-order valence-electron chi connectivity index (χ2n) is 6.55. The zero-order chi connectivity index (χ0) is 23.3. The van der Waals surface area contributed by atoms with Gasteiger partial charge in [-0.05, 0) is 42.1 Å². The van der Waals surface area contributed by atoms with Gasteiger partial charge >= 0.3 is 5.97 Å². The minimum atomic E-state index is -3.74. The zero-order valence-corrected chi connectivity index (χ0v) is 18.7. The monoisotopic (exact) mass is 468 g/mol. The summed E-state index contributed by atoms with van der Waals surface area (Å²) in [5, 5.41) is 16.3. The summed E-state index contributed by atoms with van der Waals surface area (Å²) in [4.78, 5) is 28.4. The maximum atomic E-state index is 12.1. The SMILES string of the molecule is CC(C)CCN=[N+]=[N-].O=C(O)CCC(=O)Nc1ccc(S(=O)(=O)Nc2nccs2)cc1. The summed E-state index contributed by atoms with van der Waals surface area (Å²) in [6, 6.07) is 5.52. The van der Waals surface area contributed by atoms with Crippen molar-refractivity contribution in [3.8, 4) is 0 Å². The molecular formula is C18H24N6O5S2. The smallest absolute Gasteiger partial charge is 0.303 e. The van der Waals surface area contributed by atoms with Crippen LogP contribution in [-0.4, -0.2) is 36.9 Å². The Kier molecular flexibility index (Phi) is 11.0. The number of anilines is 2. The molecule has 0 bridgehead atoms. The van der Waals surface area contributed by atoms with Crippen LogP contribution < -0.4 is 10.0 Å². The van der Waals surface area contributed by atoms with E-state index in [1.54, 1.807) is 5.38 Å². The lowest BCUT2D eigenvalue weighted by atomic mass is 10.1. The molecule has 168 valence electrons. The molecule has 0 saturated heterocycles. The van der Waals surface area contributed by atoms with Gasteiger partial charge in [-0.25, -0.2) is 13.4 Å². The van der Waals surface area contributed by atoms with E-state index in [1.165, 1.54) is 30.5 Å². The first-order valence-corrected chi connectivity index (χ1v) is 11.5. The average Bonchev–Trinajstić information content (AvgIpc) is 3.19. The summed E-state index contributed by atoms with van der Waals surface area (Å²) >= 11 is 1.16. The molecule has 2 rings (SSSR count). The largest absolute Gasteiger partial charge is 0.481 e. The van der Waals surface area contributed by atoms with E-state index in [2.05, 4.69) is 38.9 Å². The Labute approximate surface area is 184 Å². The van der Waals surface area contributed by atoms with Crippen molar-refractivity contribution in [1.29, 1.82) is 0 Å². The van der Waals surface area contributed by atoms with Crippen LogP contribution in [0.4, 0.5) is 10.8 Å². The number of carboxylic acid groups (broad SMARTS) is 1. The van der Waals surface area contributed by atoms with Crippen molar-refractivity contribution in [2.24, 2.45) is 11.0 Å². The van der Waals surface area contributed by atoms with E-state index in [-0.39, 0.29) is 22.9 Å². The molecule has 0 aliphatic rings. The Morgan fingerprint density at radius 2 is 1.94 bits per heavy atom. The molecule has 11 nitrogen and oxygen atoms in total. The van der Waals surface area contributed by atoms with Gasteiger partial charge in [0.2, 0.25) is 5.91 Å². The van der Waals surface area contributed by atoms with Crippen molar-refractivity contribution in [3.05, 3.63) is 46.3 Å². The van der Waals surface area contributed by atoms with Gasteiger partial charge in [0.25, 0.3) is 10.0 Å². The number of rotatable bonds is 10. The van der Waals surface area contributed by atoms with Gasteiger partial charge < -0.3 is 10.4 Å². The van der Waals surface area contributed by atoms with Crippen LogP contribution >= 0.6 is 11.3 Å². The standard InChI is InChI=1S/C13H13N3O5S2.C5H11N3/c17-11(5-6-12(18)19)15-9-1-3-10(4-2-9)23(20,21)16-13-14-7-8-22-13;1-5(2)3-4-7-8-6/h1-4,7-8H,5-6H2,(H,14,16)(H,15,17)(H,18,19);5H,3-4H2,1-2H3. The lowest BCUT2D eigenvalue weighted by Crippen LogP contribution is -2.14. The first-order chi connectivity index (χ1) is 14.6. The third-order valence-corrected chi connectivity index (χ3v) is 5.71.